The van der Waals surface area contributed by atoms with Gasteiger partial charge < -0.3 is 10.2 Å². The van der Waals surface area contributed by atoms with Crippen molar-refractivity contribution in [3.05, 3.63) is 23.4 Å². The summed E-state index contributed by atoms with van der Waals surface area (Å²) in [6.45, 7) is 6.45. The summed E-state index contributed by atoms with van der Waals surface area (Å²) < 4.78 is 38.8. The Morgan fingerprint density at radius 1 is 1.33 bits per heavy atom. The van der Waals surface area contributed by atoms with Crippen LogP contribution in [0.3, 0.4) is 0 Å². The average molecular weight is 300 g/mol. The normalized spacial score (nSPS) is 15.0. The van der Waals surface area contributed by atoms with Crippen LogP contribution in [-0.4, -0.2) is 31.2 Å². The maximum atomic E-state index is 12.9. The fraction of sp³-hybridized carbons (Fsp3) is 0.571. The van der Waals surface area contributed by atoms with E-state index in [4.69, 9.17) is 5.26 Å². The summed E-state index contributed by atoms with van der Waals surface area (Å²) in [5.41, 5.74) is -0.926. The van der Waals surface area contributed by atoms with Crippen molar-refractivity contribution in [3.63, 3.8) is 0 Å². The number of rotatable bonds is 1. The van der Waals surface area contributed by atoms with Crippen LogP contribution < -0.4 is 10.2 Å². The summed E-state index contributed by atoms with van der Waals surface area (Å²) in [5.74, 6) is -0.0944. The molecular formula is C14H19F3N4. The smallest absolute Gasteiger partial charge is 0.354 e. The Kier molecular flexibility index (Phi) is 6.43. The summed E-state index contributed by atoms with van der Waals surface area (Å²) in [6.07, 6.45) is -2.08. The van der Waals surface area contributed by atoms with Crippen LogP contribution in [0.15, 0.2) is 12.3 Å². The van der Waals surface area contributed by atoms with Gasteiger partial charge in [-0.05, 0) is 6.07 Å². The highest BCUT2D eigenvalue weighted by molar-refractivity contribution is 5.52. The molecule has 1 saturated heterocycles. The largest absolute Gasteiger partial charge is 0.420 e. The summed E-state index contributed by atoms with van der Waals surface area (Å²) >= 11 is 0. The summed E-state index contributed by atoms with van der Waals surface area (Å²) in [7, 11) is 0. The predicted molar refractivity (Wildman–Crippen MR) is 75.0 cm³/mol. The van der Waals surface area contributed by atoms with Crippen LogP contribution in [0.2, 0.25) is 0 Å². The Bertz CT molecular complexity index is 488. The molecular weight excluding hydrogens is 281 g/mol. The van der Waals surface area contributed by atoms with Gasteiger partial charge in [-0.3, -0.25) is 0 Å². The molecule has 0 radical (unpaired) electrons. The molecule has 1 fully saturated rings. The molecule has 4 nitrogen and oxygen atoms in total. The minimum Gasteiger partial charge on any atom is -0.354 e. The molecule has 0 atom stereocenters. The highest BCUT2D eigenvalue weighted by atomic mass is 19.4. The number of hydrogen-bond donors (Lipinski definition) is 1. The first-order valence-electron chi connectivity index (χ1n) is 6.87. The second-order valence-corrected chi connectivity index (χ2v) is 4.65. The summed E-state index contributed by atoms with van der Waals surface area (Å²) in [4.78, 5) is 5.38. The standard InChI is InChI=1S/C11H11F3N4.C3H8/c12-11(13,14)9-5-8(6-15)7-17-10(9)18-3-1-16-2-4-18;1-3-2/h5,7,16H,1-4H2;3H2,1-2H3. The van der Waals surface area contributed by atoms with Gasteiger partial charge in [-0.2, -0.15) is 18.4 Å². The number of alkyl halides is 3. The lowest BCUT2D eigenvalue weighted by atomic mass is 10.1. The van der Waals surface area contributed by atoms with Crippen LogP contribution in [0.25, 0.3) is 0 Å². The SMILES string of the molecule is CCC.N#Cc1cnc(N2CCNCC2)c(C(F)(F)F)c1. The minimum atomic E-state index is -4.50. The van der Waals surface area contributed by atoms with Crippen LogP contribution in [-0.2, 0) is 6.18 Å². The van der Waals surface area contributed by atoms with Crippen molar-refractivity contribution in [1.82, 2.24) is 10.3 Å². The molecule has 7 heteroatoms. The maximum absolute atomic E-state index is 12.9. The molecule has 0 unspecified atom stereocenters. The van der Waals surface area contributed by atoms with Crippen LogP contribution in [0.1, 0.15) is 31.4 Å². The van der Waals surface area contributed by atoms with E-state index >= 15 is 0 Å². The van der Waals surface area contributed by atoms with E-state index in [9.17, 15) is 13.2 Å². The average Bonchev–Trinajstić information content (AvgIpc) is 2.47. The number of piperazine rings is 1. The molecule has 2 heterocycles. The fourth-order valence-electron chi connectivity index (χ4n) is 1.86. The zero-order valence-corrected chi connectivity index (χ0v) is 12.2. The van der Waals surface area contributed by atoms with E-state index in [1.165, 1.54) is 12.6 Å². The van der Waals surface area contributed by atoms with Crippen LogP contribution in [0.4, 0.5) is 19.0 Å². The molecule has 1 aromatic heterocycles. The van der Waals surface area contributed by atoms with Gasteiger partial charge in [0.1, 0.15) is 11.9 Å². The summed E-state index contributed by atoms with van der Waals surface area (Å²) in [5, 5.41) is 11.7. The number of nitrogens with zero attached hydrogens (tertiary/aromatic N) is 3. The zero-order valence-electron chi connectivity index (χ0n) is 12.2. The predicted octanol–water partition coefficient (Wildman–Crippen LogP) is 2.80. The van der Waals surface area contributed by atoms with E-state index in [-0.39, 0.29) is 11.4 Å². The lowest BCUT2D eigenvalue weighted by Gasteiger charge is -2.30. The monoisotopic (exact) mass is 300 g/mol. The van der Waals surface area contributed by atoms with Crippen LogP contribution in [0.5, 0.6) is 0 Å². The number of nitrogens with one attached hydrogen (secondary N) is 1. The van der Waals surface area contributed by atoms with Crippen molar-refractivity contribution in [2.75, 3.05) is 31.1 Å². The molecule has 1 aromatic rings. The molecule has 0 aliphatic carbocycles. The van der Waals surface area contributed by atoms with E-state index in [0.29, 0.717) is 26.2 Å². The molecule has 116 valence electrons. The molecule has 0 aromatic carbocycles. The van der Waals surface area contributed by atoms with Gasteiger partial charge in [0.25, 0.3) is 0 Å². The van der Waals surface area contributed by atoms with E-state index in [0.717, 1.165) is 6.07 Å². The molecule has 0 spiro atoms. The number of nitriles is 1. The first-order valence-corrected chi connectivity index (χ1v) is 6.87. The second-order valence-electron chi connectivity index (χ2n) is 4.65. The minimum absolute atomic E-state index is 0.0822. The molecule has 0 saturated carbocycles. The quantitative estimate of drug-likeness (QED) is 0.866. The van der Waals surface area contributed by atoms with E-state index < -0.39 is 11.7 Å². The highest BCUT2D eigenvalue weighted by Crippen LogP contribution is 2.35. The molecule has 2 rings (SSSR count). The lowest BCUT2D eigenvalue weighted by Crippen LogP contribution is -2.44. The van der Waals surface area contributed by atoms with Gasteiger partial charge in [-0.25, -0.2) is 4.98 Å². The third-order valence-electron chi connectivity index (χ3n) is 2.72. The van der Waals surface area contributed by atoms with Crippen molar-refractivity contribution in [2.24, 2.45) is 0 Å². The number of anilines is 1. The van der Waals surface area contributed by atoms with Gasteiger partial charge >= 0.3 is 6.18 Å². The first-order chi connectivity index (χ1) is 9.93. The number of aromatic nitrogens is 1. The Morgan fingerprint density at radius 2 is 1.90 bits per heavy atom. The van der Waals surface area contributed by atoms with Gasteiger partial charge in [0, 0.05) is 32.4 Å². The molecule has 1 aliphatic rings. The van der Waals surface area contributed by atoms with Gasteiger partial charge in [-0.15, -0.1) is 0 Å². The first kappa shape index (κ1) is 17.2. The molecule has 0 bridgehead atoms. The molecule has 1 N–H and O–H groups in total. The molecule has 1 aliphatic heterocycles. The number of hydrogen-bond acceptors (Lipinski definition) is 4. The van der Waals surface area contributed by atoms with Crippen molar-refractivity contribution < 1.29 is 13.2 Å². The van der Waals surface area contributed by atoms with Gasteiger partial charge in [-0.1, -0.05) is 20.3 Å². The Balaban J connectivity index is 0.000000677. The Labute approximate surface area is 122 Å². The van der Waals surface area contributed by atoms with Crippen molar-refractivity contribution >= 4 is 5.82 Å². The van der Waals surface area contributed by atoms with E-state index in [1.54, 1.807) is 11.0 Å². The van der Waals surface area contributed by atoms with Gasteiger partial charge in [0.05, 0.1) is 11.1 Å². The van der Waals surface area contributed by atoms with Gasteiger partial charge in [0.15, 0.2) is 0 Å². The molecule has 0 amide bonds. The number of halogens is 3. The fourth-order valence-corrected chi connectivity index (χ4v) is 1.86. The molecule has 21 heavy (non-hydrogen) atoms. The van der Waals surface area contributed by atoms with E-state index in [2.05, 4.69) is 24.1 Å². The van der Waals surface area contributed by atoms with Gasteiger partial charge in [0.2, 0.25) is 0 Å². The van der Waals surface area contributed by atoms with Crippen molar-refractivity contribution in [3.8, 4) is 6.07 Å². The summed E-state index contributed by atoms with van der Waals surface area (Å²) in [6, 6.07) is 2.53. The third kappa shape index (κ3) is 4.90. The second kappa shape index (κ2) is 7.84. The Morgan fingerprint density at radius 3 is 2.38 bits per heavy atom. The van der Waals surface area contributed by atoms with Crippen molar-refractivity contribution in [1.29, 1.82) is 5.26 Å². The van der Waals surface area contributed by atoms with Crippen LogP contribution >= 0.6 is 0 Å². The topological polar surface area (TPSA) is 52.0 Å². The zero-order chi connectivity index (χ0) is 15.9. The lowest BCUT2D eigenvalue weighted by molar-refractivity contribution is -0.137. The Hall–Kier alpha value is -1.81. The van der Waals surface area contributed by atoms with Crippen LogP contribution in [0, 0.1) is 11.3 Å². The highest BCUT2D eigenvalue weighted by Gasteiger charge is 2.36. The number of pyridine rings is 1. The van der Waals surface area contributed by atoms with E-state index in [1.807, 2.05) is 0 Å². The maximum Gasteiger partial charge on any atom is 0.420 e. The third-order valence-corrected chi connectivity index (χ3v) is 2.72. The van der Waals surface area contributed by atoms with Crippen molar-refractivity contribution in [2.45, 2.75) is 26.4 Å².